The third-order valence-electron chi connectivity index (χ3n) is 1.97. The Morgan fingerprint density at radius 2 is 2.47 bits per heavy atom. The van der Waals surface area contributed by atoms with E-state index < -0.39 is 6.09 Å². The lowest BCUT2D eigenvalue weighted by Gasteiger charge is -2.01. The Labute approximate surface area is 85.1 Å². The summed E-state index contributed by atoms with van der Waals surface area (Å²) >= 11 is 0. The summed E-state index contributed by atoms with van der Waals surface area (Å²) < 4.78 is 6.60. The standard InChI is InChI=1S/C9H9N3O3/c1-15-6-2-3-12-8(4-6)7(5-10-12)11-9(13)14/h2-5,11H,1H3,(H,13,14). The van der Waals surface area contributed by atoms with Crippen LogP contribution in [0, 0.1) is 0 Å². The molecule has 0 bridgehead atoms. The van der Waals surface area contributed by atoms with Crippen molar-refractivity contribution in [2.24, 2.45) is 0 Å². The zero-order valence-corrected chi connectivity index (χ0v) is 7.97. The van der Waals surface area contributed by atoms with Crippen LogP contribution in [-0.4, -0.2) is 27.9 Å². The fraction of sp³-hybridized carbons (Fsp3) is 0.111. The van der Waals surface area contributed by atoms with Gasteiger partial charge in [-0.1, -0.05) is 0 Å². The van der Waals surface area contributed by atoms with Crippen LogP contribution < -0.4 is 10.1 Å². The Hall–Kier alpha value is -2.24. The van der Waals surface area contributed by atoms with Crippen molar-refractivity contribution >= 4 is 17.3 Å². The zero-order chi connectivity index (χ0) is 10.8. The number of ether oxygens (including phenoxy) is 1. The molecule has 0 spiro atoms. The normalized spacial score (nSPS) is 10.2. The topological polar surface area (TPSA) is 75.9 Å². The minimum absolute atomic E-state index is 0.432. The maximum absolute atomic E-state index is 10.5. The largest absolute Gasteiger partial charge is 0.497 e. The summed E-state index contributed by atoms with van der Waals surface area (Å²) in [6, 6.07) is 3.45. The average Bonchev–Trinajstić information content (AvgIpc) is 2.60. The number of pyridine rings is 1. The van der Waals surface area contributed by atoms with Gasteiger partial charge in [-0.3, -0.25) is 5.32 Å². The quantitative estimate of drug-likeness (QED) is 0.781. The molecule has 0 saturated carbocycles. The van der Waals surface area contributed by atoms with E-state index in [0.29, 0.717) is 17.0 Å². The lowest BCUT2D eigenvalue weighted by atomic mass is 10.3. The van der Waals surface area contributed by atoms with Crippen molar-refractivity contribution in [2.75, 3.05) is 12.4 Å². The number of methoxy groups -OCH3 is 1. The van der Waals surface area contributed by atoms with E-state index in [-0.39, 0.29) is 0 Å². The van der Waals surface area contributed by atoms with Gasteiger partial charge in [-0.15, -0.1) is 0 Å². The van der Waals surface area contributed by atoms with Gasteiger partial charge in [-0.05, 0) is 6.07 Å². The van der Waals surface area contributed by atoms with E-state index >= 15 is 0 Å². The average molecular weight is 207 g/mol. The van der Waals surface area contributed by atoms with Gasteiger partial charge >= 0.3 is 6.09 Å². The maximum atomic E-state index is 10.5. The number of nitrogens with one attached hydrogen (secondary N) is 1. The van der Waals surface area contributed by atoms with Crippen molar-refractivity contribution in [2.45, 2.75) is 0 Å². The molecule has 2 heterocycles. The van der Waals surface area contributed by atoms with E-state index in [0.717, 1.165) is 0 Å². The lowest BCUT2D eigenvalue weighted by Crippen LogP contribution is -2.06. The van der Waals surface area contributed by atoms with Gasteiger partial charge in [0.25, 0.3) is 0 Å². The first-order valence-electron chi connectivity index (χ1n) is 4.22. The van der Waals surface area contributed by atoms with Gasteiger partial charge in [0.2, 0.25) is 0 Å². The number of rotatable bonds is 2. The van der Waals surface area contributed by atoms with Crippen molar-refractivity contribution in [1.82, 2.24) is 9.61 Å². The molecule has 2 aromatic rings. The van der Waals surface area contributed by atoms with Crippen LogP contribution in [-0.2, 0) is 0 Å². The van der Waals surface area contributed by atoms with E-state index in [4.69, 9.17) is 9.84 Å². The Bertz CT molecular complexity index is 506. The van der Waals surface area contributed by atoms with Crippen LogP contribution in [0.4, 0.5) is 10.5 Å². The number of fused-ring (bicyclic) bond motifs is 1. The first kappa shape index (κ1) is 9.32. The van der Waals surface area contributed by atoms with E-state index in [1.54, 1.807) is 30.0 Å². The number of nitrogens with zero attached hydrogens (tertiary/aromatic N) is 2. The summed E-state index contributed by atoms with van der Waals surface area (Å²) in [4.78, 5) is 10.5. The molecule has 0 aromatic carbocycles. The second-order valence-corrected chi connectivity index (χ2v) is 2.88. The summed E-state index contributed by atoms with van der Waals surface area (Å²) in [5, 5.41) is 14.8. The Kier molecular flexibility index (Phi) is 2.17. The van der Waals surface area contributed by atoms with Crippen LogP contribution in [0.25, 0.3) is 5.52 Å². The van der Waals surface area contributed by atoms with Gasteiger partial charge in [0.05, 0.1) is 24.5 Å². The number of carboxylic acid groups (broad SMARTS) is 1. The molecule has 0 aliphatic carbocycles. The van der Waals surface area contributed by atoms with E-state index in [1.807, 2.05) is 0 Å². The molecular formula is C9H9N3O3. The van der Waals surface area contributed by atoms with Crippen LogP contribution in [0.1, 0.15) is 0 Å². The second kappa shape index (κ2) is 3.49. The van der Waals surface area contributed by atoms with E-state index in [9.17, 15) is 4.79 Å². The van der Waals surface area contributed by atoms with E-state index in [2.05, 4.69) is 10.4 Å². The van der Waals surface area contributed by atoms with Gasteiger partial charge in [0.15, 0.2) is 0 Å². The summed E-state index contributed by atoms with van der Waals surface area (Å²) in [5.41, 5.74) is 1.08. The monoisotopic (exact) mass is 207 g/mol. The minimum atomic E-state index is -1.12. The Morgan fingerprint density at radius 3 is 3.13 bits per heavy atom. The third kappa shape index (κ3) is 1.69. The van der Waals surface area contributed by atoms with Gasteiger partial charge in [0, 0.05) is 12.3 Å². The van der Waals surface area contributed by atoms with Crippen LogP contribution in [0.15, 0.2) is 24.5 Å². The van der Waals surface area contributed by atoms with Crippen molar-refractivity contribution in [3.05, 3.63) is 24.5 Å². The number of hydrogen-bond donors (Lipinski definition) is 2. The maximum Gasteiger partial charge on any atom is 0.409 e. The Morgan fingerprint density at radius 1 is 1.67 bits per heavy atom. The molecule has 0 atom stereocenters. The van der Waals surface area contributed by atoms with Crippen LogP contribution in [0.3, 0.4) is 0 Å². The fourth-order valence-electron chi connectivity index (χ4n) is 1.30. The highest BCUT2D eigenvalue weighted by Gasteiger charge is 2.07. The smallest absolute Gasteiger partial charge is 0.409 e. The molecule has 2 aromatic heterocycles. The van der Waals surface area contributed by atoms with Crippen LogP contribution in [0.2, 0.25) is 0 Å². The molecule has 1 amide bonds. The van der Waals surface area contributed by atoms with Crippen molar-refractivity contribution in [3.63, 3.8) is 0 Å². The van der Waals surface area contributed by atoms with Gasteiger partial charge in [-0.25, -0.2) is 9.31 Å². The summed E-state index contributed by atoms with van der Waals surface area (Å²) in [6.45, 7) is 0. The number of amides is 1. The molecule has 15 heavy (non-hydrogen) atoms. The number of hydrogen-bond acceptors (Lipinski definition) is 3. The van der Waals surface area contributed by atoms with Crippen molar-refractivity contribution in [1.29, 1.82) is 0 Å². The molecule has 2 rings (SSSR count). The highest BCUT2D eigenvalue weighted by atomic mass is 16.5. The highest BCUT2D eigenvalue weighted by Crippen LogP contribution is 2.20. The molecule has 0 aliphatic rings. The molecule has 78 valence electrons. The molecule has 0 saturated heterocycles. The predicted octanol–water partition coefficient (Wildman–Crippen LogP) is 1.43. The molecule has 6 heteroatoms. The SMILES string of the molecule is COc1ccn2ncc(NC(=O)O)c2c1. The fourth-order valence-corrected chi connectivity index (χ4v) is 1.30. The van der Waals surface area contributed by atoms with Crippen LogP contribution in [0.5, 0.6) is 5.75 Å². The number of aromatic nitrogens is 2. The summed E-state index contributed by atoms with van der Waals surface area (Å²) in [6.07, 6.45) is 2.03. The highest BCUT2D eigenvalue weighted by molar-refractivity contribution is 5.89. The van der Waals surface area contributed by atoms with Crippen molar-refractivity contribution < 1.29 is 14.6 Å². The molecule has 0 unspecified atom stereocenters. The summed E-state index contributed by atoms with van der Waals surface area (Å²) in [5.74, 6) is 0.649. The third-order valence-corrected chi connectivity index (χ3v) is 1.97. The minimum Gasteiger partial charge on any atom is -0.497 e. The van der Waals surface area contributed by atoms with Crippen molar-refractivity contribution in [3.8, 4) is 5.75 Å². The predicted molar refractivity (Wildman–Crippen MR) is 53.4 cm³/mol. The number of anilines is 1. The molecule has 6 nitrogen and oxygen atoms in total. The Balaban J connectivity index is 2.51. The molecule has 0 fully saturated rings. The molecule has 0 radical (unpaired) electrons. The lowest BCUT2D eigenvalue weighted by molar-refractivity contribution is 0.210. The molecule has 0 aliphatic heterocycles. The van der Waals surface area contributed by atoms with Gasteiger partial charge < -0.3 is 9.84 Å². The molecular weight excluding hydrogens is 198 g/mol. The second-order valence-electron chi connectivity index (χ2n) is 2.88. The zero-order valence-electron chi connectivity index (χ0n) is 7.97. The van der Waals surface area contributed by atoms with Crippen LogP contribution >= 0.6 is 0 Å². The van der Waals surface area contributed by atoms with Gasteiger partial charge in [-0.2, -0.15) is 5.10 Å². The first-order chi connectivity index (χ1) is 7.20. The van der Waals surface area contributed by atoms with E-state index in [1.165, 1.54) is 6.20 Å². The summed E-state index contributed by atoms with van der Waals surface area (Å²) in [7, 11) is 1.55. The number of carbonyl (C=O) groups is 1. The van der Waals surface area contributed by atoms with Gasteiger partial charge in [0.1, 0.15) is 5.75 Å². The molecule has 2 N–H and O–H groups in total. The first-order valence-corrected chi connectivity index (χ1v) is 4.22.